The molecule has 0 aliphatic carbocycles. The van der Waals surface area contributed by atoms with Gasteiger partial charge in [-0.1, -0.05) is 18.5 Å². The van der Waals surface area contributed by atoms with Crippen molar-refractivity contribution >= 4 is 27.4 Å². The summed E-state index contributed by atoms with van der Waals surface area (Å²) in [5.74, 6) is 0.895. The highest BCUT2D eigenvalue weighted by atomic mass is 35.5. The Labute approximate surface area is 124 Å². The third kappa shape index (κ3) is 6.47. The number of anilines is 1. The summed E-state index contributed by atoms with van der Waals surface area (Å²) in [6.45, 7) is 5.03. The second-order valence-corrected chi connectivity index (χ2v) is 6.19. The van der Waals surface area contributed by atoms with Gasteiger partial charge in [0.1, 0.15) is 17.6 Å². The van der Waals surface area contributed by atoms with Crippen LogP contribution in [0.3, 0.4) is 0 Å². The fourth-order valence-electron chi connectivity index (χ4n) is 1.42. The average Bonchev–Trinajstić information content (AvgIpc) is 2.35. The van der Waals surface area contributed by atoms with Gasteiger partial charge in [0.05, 0.1) is 5.75 Å². The van der Waals surface area contributed by atoms with Gasteiger partial charge in [0.15, 0.2) is 5.82 Å². The maximum absolute atomic E-state index is 11.5. The van der Waals surface area contributed by atoms with Crippen molar-refractivity contribution < 1.29 is 13.2 Å². The number of aromatic nitrogens is 2. The highest BCUT2D eigenvalue weighted by Gasteiger charge is 2.09. The van der Waals surface area contributed by atoms with Gasteiger partial charge >= 0.3 is 0 Å². The van der Waals surface area contributed by atoms with Crippen LogP contribution < -0.4 is 10.0 Å². The van der Waals surface area contributed by atoms with Gasteiger partial charge in [-0.05, 0) is 6.92 Å². The van der Waals surface area contributed by atoms with Crippen molar-refractivity contribution in [3.05, 3.63) is 17.0 Å². The van der Waals surface area contributed by atoms with Crippen LogP contribution in [0.4, 0.5) is 5.82 Å². The molecule has 0 unspecified atom stereocenters. The third-order valence-corrected chi connectivity index (χ3v) is 3.88. The number of halogens is 1. The van der Waals surface area contributed by atoms with Crippen LogP contribution in [0.2, 0.25) is 5.15 Å². The predicted molar refractivity (Wildman–Crippen MR) is 78.3 cm³/mol. The first-order valence-electron chi connectivity index (χ1n) is 6.29. The molecule has 114 valence electrons. The molecule has 0 saturated carbocycles. The number of hydrogen-bond donors (Lipinski definition) is 2. The Morgan fingerprint density at radius 3 is 2.75 bits per heavy atom. The van der Waals surface area contributed by atoms with E-state index in [9.17, 15) is 8.42 Å². The molecule has 0 aromatic carbocycles. The Hall–Kier alpha value is -0.960. The van der Waals surface area contributed by atoms with Gasteiger partial charge in [0.25, 0.3) is 0 Å². The predicted octanol–water partition coefficient (Wildman–Crippen LogP) is 1.02. The molecular weight excluding hydrogens is 304 g/mol. The molecule has 7 nitrogen and oxygen atoms in total. The van der Waals surface area contributed by atoms with Gasteiger partial charge in [-0.25, -0.2) is 23.1 Å². The Morgan fingerprint density at radius 2 is 2.10 bits per heavy atom. The summed E-state index contributed by atoms with van der Waals surface area (Å²) in [4.78, 5) is 8.21. The lowest BCUT2D eigenvalue weighted by Gasteiger charge is -2.08. The number of rotatable bonds is 9. The Kier molecular flexibility index (Phi) is 7.14. The fourth-order valence-corrected chi connectivity index (χ4v) is 2.57. The Bertz CT molecular complexity index is 524. The molecular formula is C11H19ClN4O3S. The topological polar surface area (TPSA) is 93.2 Å². The molecule has 1 aromatic heterocycles. The smallest absolute Gasteiger partial charge is 0.213 e. The molecule has 0 saturated heterocycles. The van der Waals surface area contributed by atoms with Crippen LogP contribution in [0.5, 0.6) is 0 Å². The molecule has 9 heteroatoms. The SMILES string of the molecule is CCNS(=O)(=O)CCNc1cc(Cl)nc(COCC)n1. The van der Waals surface area contributed by atoms with E-state index in [1.54, 1.807) is 6.92 Å². The zero-order chi connectivity index (χ0) is 15.0. The van der Waals surface area contributed by atoms with Crippen molar-refractivity contribution in [2.45, 2.75) is 20.5 Å². The molecule has 1 rings (SSSR count). The van der Waals surface area contributed by atoms with Crippen LogP contribution in [0.15, 0.2) is 6.07 Å². The summed E-state index contributed by atoms with van der Waals surface area (Å²) in [5.41, 5.74) is 0. The van der Waals surface area contributed by atoms with Crippen molar-refractivity contribution in [1.82, 2.24) is 14.7 Å². The quantitative estimate of drug-likeness (QED) is 0.659. The van der Waals surface area contributed by atoms with Crippen molar-refractivity contribution in [2.75, 3.05) is 30.8 Å². The van der Waals surface area contributed by atoms with Crippen molar-refractivity contribution in [3.8, 4) is 0 Å². The minimum Gasteiger partial charge on any atom is -0.374 e. The Balaban J connectivity index is 2.57. The first-order valence-corrected chi connectivity index (χ1v) is 8.32. The van der Waals surface area contributed by atoms with E-state index in [1.165, 1.54) is 6.07 Å². The largest absolute Gasteiger partial charge is 0.374 e. The second-order valence-electron chi connectivity index (χ2n) is 3.87. The van der Waals surface area contributed by atoms with Crippen LogP contribution in [-0.4, -0.2) is 43.8 Å². The molecule has 1 heterocycles. The molecule has 0 fully saturated rings. The van der Waals surface area contributed by atoms with E-state index in [-0.39, 0.29) is 24.1 Å². The monoisotopic (exact) mass is 322 g/mol. The van der Waals surface area contributed by atoms with E-state index in [1.807, 2.05) is 6.92 Å². The number of nitrogens with one attached hydrogen (secondary N) is 2. The maximum atomic E-state index is 11.5. The number of sulfonamides is 1. The first kappa shape index (κ1) is 17.1. The summed E-state index contributed by atoms with van der Waals surface area (Å²) in [5, 5.41) is 3.19. The van der Waals surface area contributed by atoms with E-state index in [4.69, 9.17) is 16.3 Å². The number of ether oxygens (including phenoxy) is 1. The minimum absolute atomic E-state index is 0.0384. The third-order valence-electron chi connectivity index (χ3n) is 2.22. The maximum Gasteiger partial charge on any atom is 0.213 e. The molecule has 0 spiro atoms. The van der Waals surface area contributed by atoms with Gasteiger partial charge in [-0.15, -0.1) is 0 Å². The lowest BCUT2D eigenvalue weighted by Crippen LogP contribution is -2.29. The summed E-state index contributed by atoms with van der Waals surface area (Å²) in [6, 6.07) is 1.54. The second kappa shape index (κ2) is 8.35. The van der Waals surface area contributed by atoms with Crippen molar-refractivity contribution in [3.63, 3.8) is 0 Å². The van der Waals surface area contributed by atoms with Gasteiger partial charge in [0.2, 0.25) is 10.0 Å². The summed E-state index contributed by atoms with van der Waals surface area (Å²) >= 11 is 5.87. The molecule has 0 atom stereocenters. The van der Waals surface area contributed by atoms with Crippen LogP contribution in [0.1, 0.15) is 19.7 Å². The Morgan fingerprint density at radius 1 is 1.35 bits per heavy atom. The molecule has 20 heavy (non-hydrogen) atoms. The molecule has 0 aliphatic heterocycles. The molecule has 1 aromatic rings. The van der Waals surface area contributed by atoms with Crippen LogP contribution in [0, 0.1) is 0 Å². The van der Waals surface area contributed by atoms with Crippen LogP contribution in [0.25, 0.3) is 0 Å². The van der Waals surface area contributed by atoms with E-state index >= 15 is 0 Å². The zero-order valence-electron chi connectivity index (χ0n) is 11.5. The minimum atomic E-state index is -3.25. The van der Waals surface area contributed by atoms with Gasteiger partial charge in [0, 0.05) is 25.8 Å². The molecule has 2 N–H and O–H groups in total. The summed E-state index contributed by atoms with van der Waals surface area (Å²) in [7, 11) is -3.25. The van der Waals surface area contributed by atoms with Crippen LogP contribution in [-0.2, 0) is 21.4 Å². The van der Waals surface area contributed by atoms with E-state index in [0.29, 0.717) is 24.8 Å². The van der Waals surface area contributed by atoms with E-state index in [0.717, 1.165) is 0 Å². The summed E-state index contributed by atoms with van der Waals surface area (Å²) in [6.07, 6.45) is 0. The fraction of sp³-hybridized carbons (Fsp3) is 0.636. The molecule has 0 amide bonds. The van der Waals surface area contributed by atoms with E-state index in [2.05, 4.69) is 20.0 Å². The standard InChI is InChI=1S/C11H19ClN4O3S/c1-3-14-20(17,18)6-5-13-10-7-9(12)15-11(16-10)8-19-4-2/h7,14H,3-6,8H2,1-2H3,(H,13,15,16). The van der Waals surface area contributed by atoms with E-state index < -0.39 is 10.0 Å². The molecule has 0 bridgehead atoms. The number of nitrogens with zero attached hydrogens (tertiary/aromatic N) is 2. The normalized spacial score (nSPS) is 11.6. The lowest BCUT2D eigenvalue weighted by atomic mass is 10.5. The first-order chi connectivity index (χ1) is 9.46. The highest BCUT2D eigenvalue weighted by Crippen LogP contribution is 2.12. The lowest BCUT2D eigenvalue weighted by molar-refractivity contribution is 0.128. The van der Waals surface area contributed by atoms with Crippen molar-refractivity contribution in [2.24, 2.45) is 0 Å². The zero-order valence-corrected chi connectivity index (χ0v) is 13.1. The van der Waals surface area contributed by atoms with Crippen molar-refractivity contribution in [1.29, 1.82) is 0 Å². The van der Waals surface area contributed by atoms with Gasteiger partial charge in [-0.3, -0.25) is 0 Å². The molecule has 0 radical (unpaired) electrons. The highest BCUT2D eigenvalue weighted by molar-refractivity contribution is 7.89. The summed E-state index contributed by atoms with van der Waals surface area (Å²) < 4.78 is 30.5. The van der Waals surface area contributed by atoms with Gasteiger partial charge in [-0.2, -0.15) is 0 Å². The van der Waals surface area contributed by atoms with Gasteiger partial charge < -0.3 is 10.1 Å². The number of hydrogen-bond acceptors (Lipinski definition) is 6. The van der Waals surface area contributed by atoms with Crippen LogP contribution >= 0.6 is 11.6 Å². The molecule has 0 aliphatic rings. The average molecular weight is 323 g/mol.